The van der Waals surface area contributed by atoms with Crippen molar-refractivity contribution in [3.63, 3.8) is 0 Å². The molecular weight excluding hydrogens is 185 g/mol. The lowest BCUT2D eigenvalue weighted by Gasteiger charge is -2.01. The average Bonchev–Trinajstić information content (AvgIpc) is 2.50. The third-order valence-electron chi connectivity index (χ3n) is 1.56. The van der Waals surface area contributed by atoms with Crippen molar-refractivity contribution in [2.24, 2.45) is 0 Å². The van der Waals surface area contributed by atoms with Crippen LogP contribution in [-0.2, 0) is 11.0 Å². The second kappa shape index (κ2) is 3.24. The van der Waals surface area contributed by atoms with Crippen LogP contribution < -0.4 is 0 Å². The van der Waals surface area contributed by atoms with Crippen molar-refractivity contribution in [3.8, 4) is 0 Å². The molecule has 0 aliphatic rings. The highest BCUT2D eigenvalue weighted by Crippen LogP contribution is 2.31. The Morgan fingerprint density at radius 2 is 2.08 bits per heavy atom. The highest BCUT2D eigenvalue weighted by molar-refractivity contribution is 5.59. The monoisotopic (exact) mass is 192 g/mol. The highest BCUT2D eigenvalue weighted by atomic mass is 19.4. The summed E-state index contributed by atoms with van der Waals surface area (Å²) in [5, 5.41) is 0. The third kappa shape index (κ3) is 2.11. The minimum absolute atomic E-state index is 0.0299. The summed E-state index contributed by atoms with van der Waals surface area (Å²) >= 11 is 0. The largest absolute Gasteiger partial charge is 0.456 e. The number of rotatable bonds is 2. The van der Waals surface area contributed by atoms with Gasteiger partial charge in [-0.2, -0.15) is 13.2 Å². The molecular formula is C8H7F3O2. The SMILES string of the molecule is CC(C=O)c1ccc(C(F)(F)F)o1. The van der Waals surface area contributed by atoms with Gasteiger partial charge in [0.2, 0.25) is 5.76 Å². The number of hydrogen-bond donors (Lipinski definition) is 0. The summed E-state index contributed by atoms with van der Waals surface area (Å²) in [6.07, 6.45) is -3.96. The molecule has 13 heavy (non-hydrogen) atoms. The van der Waals surface area contributed by atoms with E-state index in [4.69, 9.17) is 0 Å². The Balaban J connectivity index is 2.93. The summed E-state index contributed by atoms with van der Waals surface area (Å²) in [6, 6.07) is 1.97. The Labute approximate surface area is 72.3 Å². The van der Waals surface area contributed by atoms with Crippen molar-refractivity contribution < 1.29 is 22.4 Å². The molecule has 0 bridgehead atoms. The number of halogens is 3. The van der Waals surface area contributed by atoms with E-state index in [0.717, 1.165) is 12.1 Å². The number of aldehydes is 1. The Morgan fingerprint density at radius 1 is 1.46 bits per heavy atom. The molecule has 0 radical (unpaired) electrons. The molecule has 0 aliphatic carbocycles. The number of alkyl halides is 3. The molecule has 0 aromatic carbocycles. The van der Waals surface area contributed by atoms with Gasteiger partial charge in [0.25, 0.3) is 0 Å². The molecule has 1 heterocycles. The zero-order valence-electron chi connectivity index (χ0n) is 6.76. The van der Waals surface area contributed by atoms with Crippen molar-refractivity contribution in [2.75, 3.05) is 0 Å². The van der Waals surface area contributed by atoms with Gasteiger partial charge in [-0.25, -0.2) is 0 Å². The van der Waals surface area contributed by atoms with E-state index in [-0.39, 0.29) is 5.76 Å². The second-order valence-corrected chi connectivity index (χ2v) is 2.62. The van der Waals surface area contributed by atoms with Gasteiger partial charge in [0.15, 0.2) is 0 Å². The highest BCUT2D eigenvalue weighted by Gasteiger charge is 2.35. The minimum Gasteiger partial charge on any atom is -0.456 e. The molecule has 0 saturated carbocycles. The maximum Gasteiger partial charge on any atom is 0.449 e. The van der Waals surface area contributed by atoms with Crippen molar-refractivity contribution in [1.29, 1.82) is 0 Å². The van der Waals surface area contributed by atoms with Crippen LogP contribution in [0, 0.1) is 0 Å². The van der Waals surface area contributed by atoms with Gasteiger partial charge in [0.05, 0.1) is 5.92 Å². The molecule has 1 aromatic rings. The fraction of sp³-hybridized carbons (Fsp3) is 0.375. The van der Waals surface area contributed by atoms with E-state index in [1.807, 2.05) is 0 Å². The molecule has 0 aliphatic heterocycles. The molecule has 72 valence electrons. The summed E-state index contributed by atoms with van der Waals surface area (Å²) in [4.78, 5) is 10.2. The Kier molecular flexibility index (Phi) is 2.45. The Morgan fingerprint density at radius 3 is 2.46 bits per heavy atom. The van der Waals surface area contributed by atoms with E-state index in [1.54, 1.807) is 0 Å². The number of hydrogen-bond acceptors (Lipinski definition) is 2. The molecule has 1 atom stereocenters. The van der Waals surface area contributed by atoms with Gasteiger partial charge in [-0.15, -0.1) is 0 Å². The Bertz CT molecular complexity index is 301. The normalized spacial score (nSPS) is 14.2. The van der Waals surface area contributed by atoms with Crippen LogP contribution >= 0.6 is 0 Å². The molecule has 1 unspecified atom stereocenters. The second-order valence-electron chi connectivity index (χ2n) is 2.62. The van der Waals surface area contributed by atoms with Crippen molar-refractivity contribution in [2.45, 2.75) is 19.0 Å². The van der Waals surface area contributed by atoms with Gasteiger partial charge in [-0.05, 0) is 19.1 Å². The van der Waals surface area contributed by atoms with Gasteiger partial charge < -0.3 is 9.21 Å². The standard InChI is InChI=1S/C8H7F3O2/c1-5(4-12)6-2-3-7(13-6)8(9,10)11/h2-5H,1H3. The maximum atomic E-state index is 12.0. The van der Waals surface area contributed by atoms with E-state index < -0.39 is 17.9 Å². The average molecular weight is 192 g/mol. The third-order valence-corrected chi connectivity index (χ3v) is 1.56. The molecule has 0 spiro atoms. The lowest BCUT2D eigenvalue weighted by molar-refractivity contribution is -0.153. The van der Waals surface area contributed by atoms with Crippen molar-refractivity contribution in [3.05, 3.63) is 23.7 Å². The van der Waals surface area contributed by atoms with E-state index >= 15 is 0 Å². The van der Waals surface area contributed by atoms with E-state index in [2.05, 4.69) is 4.42 Å². The smallest absolute Gasteiger partial charge is 0.449 e. The molecule has 1 rings (SSSR count). The molecule has 0 N–H and O–H groups in total. The van der Waals surface area contributed by atoms with Crippen LogP contribution in [0.5, 0.6) is 0 Å². The van der Waals surface area contributed by atoms with Crippen LogP contribution in [0.15, 0.2) is 16.5 Å². The van der Waals surface area contributed by atoms with Crippen LogP contribution in [0.4, 0.5) is 13.2 Å². The van der Waals surface area contributed by atoms with Crippen molar-refractivity contribution in [1.82, 2.24) is 0 Å². The summed E-state index contributed by atoms with van der Waals surface area (Å²) in [5.41, 5.74) is 0. The van der Waals surface area contributed by atoms with Crippen LogP contribution in [-0.4, -0.2) is 6.29 Å². The van der Waals surface area contributed by atoms with E-state index in [0.29, 0.717) is 6.29 Å². The summed E-state index contributed by atoms with van der Waals surface area (Å²) in [5.74, 6) is -1.69. The summed E-state index contributed by atoms with van der Waals surface area (Å²) < 4.78 is 40.4. The van der Waals surface area contributed by atoms with Crippen LogP contribution in [0.3, 0.4) is 0 Å². The number of carbonyl (C=O) groups excluding carboxylic acids is 1. The first-order valence-electron chi connectivity index (χ1n) is 3.57. The topological polar surface area (TPSA) is 30.2 Å². The van der Waals surface area contributed by atoms with Gasteiger partial charge in [-0.3, -0.25) is 0 Å². The predicted octanol–water partition coefficient (Wildman–Crippen LogP) is 2.60. The summed E-state index contributed by atoms with van der Waals surface area (Å²) in [6.45, 7) is 1.46. The van der Waals surface area contributed by atoms with E-state index in [1.165, 1.54) is 6.92 Å². The molecule has 0 fully saturated rings. The van der Waals surface area contributed by atoms with Crippen molar-refractivity contribution >= 4 is 6.29 Å². The summed E-state index contributed by atoms with van der Waals surface area (Å²) in [7, 11) is 0. The number of carbonyl (C=O) groups is 1. The predicted molar refractivity (Wildman–Crippen MR) is 38.2 cm³/mol. The fourth-order valence-electron chi connectivity index (χ4n) is 0.817. The van der Waals surface area contributed by atoms with E-state index in [9.17, 15) is 18.0 Å². The molecule has 0 saturated heterocycles. The fourth-order valence-corrected chi connectivity index (χ4v) is 0.817. The molecule has 0 amide bonds. The van der Waals surface area contributed by atoms with Gasteiger partial charge >= 0.3 is 6.18 Å². The molecule has 5 heteroatoms. The molecule has 2 nitrogen and oxygen atoms in total. The molecule has 1 aromatic heterocycles. The first kappa shape index (κ1) is 9.83. The zero-order chi connectivity index (χ0) is 10.1. The Hall–Kier alpha value is -1.26. The first-order chi connectivity index (χ1) is 5.95. The lowest BCUT2D eigenvalue weighted by Crippen LogP contribution is -2.02. The minimum atomic E-state index is -4.49. The van der Waals surface area contributed by atoms with Crippen LogP contribution in [0.25, 0.3) is 0 Å². The van der Waals surface area contributed by atoms with Gasteiger partial charge in [-0.1, -0.05) is 0 Å². The quantitative estimate of drug-likeness (QED) is 0.674. The maximum absolute atomic E-state index is 12.0. The number of furan rings is 1. The van der Waals surface area contributed by atoms with Gasteiger partial charge in [0.1, 0.15) is 12.0 Å². The van der Waals surface area contributed by atoms with Crippen LogP contribution in [0.1, 0.15) is 24.4 Å². The lowest BCUT2D eigenvalue weighted by atomic mass is 10.1. The first-order valence-corrected chi connectivity index (χ1v) is 3.57. The van der Waals surface area contributed by atoms with Gasteiger partial charge in [0, 0.05) is 0 Å². The van der Waals surface area contributed by atoms with Crippen LogP contribution in [0.2, 0.25) is 0 Å². The zero-order valence-corrected chi connectivity index (χ0v) is 6.76.